The zero-order valence-corrected chi connectivity index (χ0v) is 14.0. The summed E-state index contributed by atoms with van der Waals surface area (Å²) in [6, 6.07) is 0. The van der Waals surface area contributed by atoms with Gasteiger partial charge in [0.2, 0.25) is 11.8 Å². The first-order valence-corrected chi connectivity index (χ1v) is 8.01. The van der Waals surface area contributed by atoms with Crippen LogP contribution in [0.3, 0.4) is 0 Å². The number of carbonyl (C=O) groups is 3. The van der Waals surface area contributed by atoms with Crippen LogP contribution >= 0.6 is 0 Å². The maximum Gasteiger partial charge on any atom is 0.323 e. The van der Waals surface area contributed by atoms with E-state index in [1.165, 1.54) is 4.90 Å². The molecule has 126 valence electrons. The van der Waals surface area contributed by atoms with Gasteiger partial charge in [-0.1, -0.05) is 27.7 Å². The average molecular weight is 312 g/mol. The lowest BCUT2D eigenvalue weighted by Gasteiger charge is -2.35. The largest absolute Gasteiger partial charge is 0.480 e. The van der Waals surface area contributed by atoms with Gasteiger partial charge in [0.15, 0.2) is 0 Å². The molecule has 6 nitrogen and oxygen atoms in total. The summed E-state index contributed by atoms with van der Waals surface area (Å²) in [4.78, 5) is 38.7. The van der Waals surface area contributed by atoms with Gasteiger partial charge in [-0.2, -0.15) is 0 Å². The lowest BCUT2D eigenvalue weighted by Crippen LogP contribution is -2.47. The predicted octanol–water partition coefficient (Wildman–Crippen LogP) is 1.45. The number of piperidine rings is 1. The van der Waals surface area contributed by atoms with Crippen molar-refractivity contribution < 1.29 is 19.5 Å². The van der Waals surface area contributed by atoms with Crippen molar-refractivity contribution in [2.24, 2.45) is 17.8 Å². The maximum atomic E-state index is 12.5. The van der Waals surface area contributed by atoms with Crippen LogP contribution in [0, 0.1) is 17.8 Å². The monoisotopic (exact) mass is 312 g/mol. The normalized spacial score (nSPS) is 16.2. The Hall–Kier alpha value is -1.59. The first-order chi connectivity index (χ1) is 10.2. The summed E-state index contributed by atoms with van der Waals surface area (Å²) in [5.41, 5.74) is 0. The SMILES string of the molecule is CC(C)CN(CC(=O)O)C(=O)C1CCN(C(=O)C(C)C)CC1. The van der Waals surface area contributed by atoms with Gasteiger partial charge in [-0.3, -0.25) is 14.4 Å². The second-order valence-electron chi connectivity index (χ2n) is 6.76. The van der Waals surface area contributed by atoms with Crippen LogP contribution in [-0.2, 0) is 14.4 Å². The molecule has 1 aliphatic heterocycles. The van der Waals surface area contributed by atoms with Crippen molar-refractivity contribution in [1.29, 1.82) is 0 Å². The molecule has 0 bridgehead atoms. The molecule has 0 radical (unpaired) electrons. The van der Waals surface area contributed by atoms with Gasteiger partial charge in [0.05, 0.1) is 0 Å². The van der Waals surface area contributed by atoms with Crippen molar-refractivity contribution in [3.05, 3.63) is 0 Å². The van der Waals surface area contributed by atoms with E-state index in [0.29, 0.717) is 32.5 Å². The second-order valence-corrected chi connectivity index (χ2v) is 6.76. The highest BCUT2D eigenvalue weighted by Gasteiger charge is 2.31. The zero-order chi connectivity index (χ0) is 16.9. The van der Waals surface area contributed by atoms with Gasteiger partial charge < -0.3 is 14.9 Å². The first-order valence-electron chi connectivity index (χ1n) is 8.01. The van der Waals surface area contributed by atoms with E-state index in [9.17, 15) is 14.4 Å². The summed E-state index contributed by atoms with van der Waals surface area (Å²) >= 11 is 0. The Balaban J connectivity index is 2.61. The lowest BCUT2D eigenvalue weighted by atomic mass is 9.94. The smallest absolute Gasteiger partial charge is 0.323 e. The number of carbonyl (C=O) groups excluding carboxylic acids is 2. The minimum atomic E-state index is -0.985. The number of nitrogens with zero attached hydrogens (tertiary/aromatic N) is 2. The van der Waals surface area contributed by atoms with Gasteiger partial charge in [-0.05, 0) is 18.8 Å². The summed E-state index contributed by atoms with van der Waals surface area (Å²) < 4.78 is 0. The van der Waals surface area contributed by atoms with Crippen molar-refractivity contribution in [2.45, 2.75) is 40.5 Å². The Morgan fingerprint density at radius 2 is 1.68 bits per heavy atom. The molecule has 22 heavy (non-hydrogen) atoms. The number of carboxylic acids is 1. The molecule has 2 amide bonds. The number of rotatable bonds is 6. The number of carboxylic acid groups (broad SMARTS) is 1. The Labute approximate surface area is 132 Å². The molecule has 0 aliphatic carbocycles. The summed E-state index contributed by atoms with van der Waals surface area (Å²) in [5.74, 6) is -0.929. The molecule has 0 aromatic heterocycles. The summed E-state index contributed by atoms with van der Waals surface area (Å²) in [6.45, 7) is 9.04. The first kappa shape index (κ1) is 18.5. The van der Waals surface area contributed by atoms with Gasteiger partial charge in [-0.25, -0.2) is 0 Å². The van der Waals surface area contributed by atoms with Crippen LogP contribution in [0.2, 0.25) is 0 Å². The molecule has 0 aromatic rings. The molecule has 1 aliphatic rings. The van der Waals surface area contributed by atoms with E-state index in [0.717, 1.165) is 0 Å². The third-order valence-electron chi connectivity index (χ3n) is 3.87. The topological polar surface area (TPSA) is 77.9 Å². The average Bonchev–Trinajstić information content (AvgIpc) is 2.44. The Bertz CT molecular complexity index is 412. The van der Waals surface area contributed by atoms with Crippen molar-refractivity contribution in [3.63, 3.8) is 0 Å². The van der Waals surface area contributed by atoms with Gasteiger partial charge >= 0.3 is 5.97 Å². The summed E-state index contributed by atoms with van der Waals surface area (Å²) in [6.07, 6.45) is 1.23. The van der Waals surface area contributed by atoms with Crippen LogP contribution in [0.4, 0.5) is 0 Å². The molecule has 0 saturated carbocycles. The van der Waals surface area contributed by atoms with Gasteiger partial charge in [-0.15, -0.1) is 0 Å². The quantitative estimate of drug-likeness (QED) is 0.805. The van der Waals surface area contributed by atoms with Gasteiger partial charge in [0.1, 0.15) is 6.54 Å². The van der Waals surface area contributed by atoms with Gasteiger partial charge in [0.25, 0.3) is 0 Å². The maximum absolute atomic E-state index is 12.5. The molecule has 1 N–H and O–H groups in total. The molecule has 0 aromatic carbocycles. The number of amides is 2. The number of aliphatic carboxylic acids is 1. The highest BCUT2D eigenvalue weighted by atomic mass is 16.4. The van der Waals surface area contributed by atoms with Crippen LogP contribution < -0.4 is 0 Å². The second kappa shape index (κ2) is 8.15. The molecule has 0 spiro atoms. The zero-order valence-electron chi connectivity index (χ0n) is 14.0. The fourth-order valence-corrected chi connectivity index (χ4v) is 2.81. The van der Waals surface area contributed by atoms with Crippen LogP contribution in [0.1, 0.15) is 40.5 Å². The van der Waals surface area contributed by atoms with Crippen LogP contribution in [0.15, 0.2) is 0 Å². The summed E-state index contributed by atoms with van der Waals surface area (Å²) in [5, 5.41) is 8.97. The minimum absolute atomic E-state index is 0.0308. The Kier molecular flexibility index (Phi) is 6.84. The molecular formula is C16H28N2O4. The predicted molar refractivity (Wildman–Crippen MR) is 83.2 cm³/mol. The van der Waals surface area contributed by atoms with E-state index in [-0.39, 0.29) is 36.1 Å². The molecule has 1 saturated heterocycles. The minimum Gasteiger partial charge on any atom is -0.480 e. The fraction of sp³-hybridized carbons (Fsp3) is 0.812. The third kappa shape index (κ3) is 5.31. The molecule has 1 fully saturated rings. The van der Waals surface area contributed by atoms with Crippen molar-refractivity contribution >= 4 is 17.8 Å². The fourth-order valence-electron chi connectivity index (χ4n) is 2.81. The molecule has 1 rings (SSSR count). The van der Waals surface area contributed by atoms with Gasteiger partial charge in [0, 0.05) is 31.5 Å². The molecule has 6 heteroatoms. The third-order valence-corrected chi connectivity index (χ3v) is 3.87. The highest BCUT2D eigenvalue weighted by molar-refractivity contribution is 5.84. The standard InChI is InChI=1S/C16H28N2O4/c1-11(2)9-18(10-14(19)20)16(22)13-5-7-17(8-6-13)15(21)12(3)4/h11-13H,5-10H2,1-4H3,(H,19,20). The number of likely N-dealkylation sites (tertiary alicyclic amines) is 1. The van der Waals surface area contributed by atoms with E-state index in [1.807, 2.05) is 27.7 Å². The Morgan fingerprint density at radius 1 is 1.14 bits per heavy atom. The molecule has 1 heterocycles. The van der Waals surface area contributed by atoms with Crippen molar-refractivity contribution in [3.8, 4) is 0 Å². The lowest BCUT2D eigenvalue weighted by molar-refractivity contribution is -0.148. The van der Waals surface area contributed by atoms with E-state index in [1.54, 1.807) is 4.90 Å². The van der Waals surface area contributed by atoms with E-state index in [2.05, 4.69) is 0 Å². The number of hydrogen-bond donors (Lipinski definition) is 1. The van der Waals surface area contributed by atoms with Crippen LogP contribution in [-0.4, -0.2) is 58.9 Å². The molecular weight excluding hydrogens is 284 g/mol. The highest BCUT2D eigenvalue weighted by Crippen LogP contribution is 2.21. The van der Waals surface area contributed by atoms with E-state index >= 15 is 0 Å². The molecule has 0 unspecified atom stereocenters. The van der Waals surface area contributed by atoms with Crippen molar-refractivity contribution in [1.82, 2.24) is 9.80 Å². The summed E-state index contributed by atoms with van der Waals surface area (Å²) in [7, 11) is 0. The van der Waals surface area contributed by atoms with Crippen LogP contribution in [0.25, 0.3) is 0 Å². The van der Waals surface area contributed by atoms with Crippen LogP contribution in [0.5, 0.6) is 0 Å². The molecule has 0 atom stereocenters. The van der Waals surface area contributed by atoms with Crippen molar-refractivity contribution in [2.75, 3.05) is 26.2 Å². The van der Waals surface area contributed by atoms with E-state index in [4.69, 9.17) is 5.11 Å². The van der Waals surface area contributed by atoms with E-state index < -0.39 is 5.97 Å². The Morgan fingerprint density at radius 3 is 2.09 bits per heavy atom. The number of hydrogen-bond acceptors (Lipinski definition) is 3.